The Morgan fingerprint density at radius 1 is 1.14 bits per heavy atom. The highest BCUT2D eigenvalue weighted by Crippen LogP contribution is 2.25. The first-order valence-electron chi connectivity index (χ1n) is 7.90. The largest absolute Gasteiger partial charge is 0.493 e. The van der Waals surface area contributed by atoms with Crippen LogP contribution >= 0.6 is 0 Å². The standard InChI is InChI=1S/C19H20N2O/c1-2-4-18-17(3-1)16(13-21-18)7-9-20-12-14-5-6-19-15(11-14)8-10-22-19/h1-6,11,13,20-21H,7-10,12H2. The first kappa shape index (κ1) is 13.4. The number of fused-ring (bicyclic) bond motifs is 2. The molecule has 3 aromatic rings. The quantitative estimate of drug-likeness (QED) is 0.707. The molecule has 3 nitrogen and oxygen atoms in total. The van der Waals surface area contributed by atoms with Crippen LogP contribution in [-0.2, 0) is 19.4 Å². The fraction of sp³-hybridized carbons (Fsp3) is 0.263. The van der Waals surface area contributed by atoms with Gasteiger partial charge in [0.15, 0.2) is 0 Å². The summed E-state index contributed by atoms with van der Waals surface area (Å²) in [4.78, 5) is 3.33. The summed E-state index contributed by atoms with van der Waals surface area (Å²) >= 11 is 0. The first-order chi connectivity index (χ1) is 10.9. The van der Waals surface area contributed by atoms with Crippen molar-refractivity contribution in [3.63, 3.8) is 0 Å². The molecule has 1 aliphatic rings. The Hall–Kier alpha value is -2.26. The van der Waals surface area contributed by atoms with Crippen LogP contribution in [0.5, 0.6) is 5.75 Å². The van der Waals surface area contributed by atoms with E-state index in [9.17, 15) is 0 Å². The molecule has 0 atom stereocenters. The van der Waals surface area contributed by atoms with Crippen LogP contribution in [0.1, 0.15) is 16.7 Å². The van der Waals surface area contributed by atoms with Crippen molar-refractivity contribution in [2.24, 2.45) is 0 Å². The third-order valence-corrected chi connectivity index (χ3v) is 4.33. The molecule has 2 N–H and O–H groups in total. The van der Waals surface area contributed by atoms with Gasteiger partial charge in [-0.05, 0) is 41.8 Å². The zero-order valence-electron chi connectivity index (χ0n) is 12.6. The van der Waals surface area contributed by atoms with Crippen LogP contribution < -0.4 is 10.1 Å². The van der Waals surface area contributed by atoms with E-state index < -0.39 is 0 Å². The Labute approximate surface area is 130 Å². The van der Waals surface area contributed by atoms with Crippen LogP contribution in [0.15, 0.2) is 48.7 Å². The van der Waals surface area contributed by atoms with E-state index in [1.165, 1.54) is 27.6 Å². The minimum atomic E-state index is 0.826. The molecular formula is C19H20N2O. The molecule has 1 aromatic heterocycles. The van der Waals surface area contributed by atoms with Crippen LogP contribution in [0.3, 0.4) is 0 Å². The van der Waals surface area contributed by atoms with E-state index >= 15 is 0 Å². The average molecular weight is 292 g/mol. The highest BCUT2D eigenvalue weighted by molar-refractivity contribution is 5.83. The monoisotopic (exact) mass is 292 g/mol. The van der Waals surface area contributed by atoms with Crippen molar-refractivity contribution >= 4 is 10.9 Å². The van der Waals surface area contributed by atoms with Crippen molar-refractivity contribution in [1.82, 2.24) is 10.3 Å². The number of nitrogens with one attached hydrogen (secondary N) is 2. The van der Waals surface area contributed by atoms with Crippen molar-refractivity contribution < 1.29 is 4.74 Å². The van der Waals surface area contributed by atoms with Gasteiger partial charge in [0.05, 0.1) is 6.61 Å². The Bertz CT molecular complexity index is 791. The number of ether oxygens (including phenoxy) is 1. The summed E-state index contributed by atoms with van der Waals surface area (Å²) in [5.41, 5.74) is 5.28. The lowest BCUT2D eigenvalue weighted by atomic mass is 10.1. The molecule has 0 radical (unpaired) electrons. The maximum Gasteiger partial charge on any atom is 0.122 e. The number of para-hydroxylation sites is 1. The van der Waals surface area contributed by atoms with Gasteiger partial charge < -0.3 is 15.0 Å². The SMILES string of the molecule is c1ccc2c(CCNCc3ccc4c(c3)CCO4)c[nH]c2c1. The lowest BCUT2D eigenvalue weighted by Crippen LogP contribution is -2.16. The molecule has 0 unspecified atom stereocenters. The molecule has 112 valence electrons. The van der Waals surface area contributed by atoms with E-state index in [0.29, 0.717) is 0 Å². The van der Waals surface area contributed by atoms with Gasteiger partial charge in [-0.15, -0.1) is 0 Å². The number of rotatable bonds is 5. The summed E-state index contributed by atoms with van der Waals surface area (Å²) in [5, 5.41) is 4.87. The van der Waals surface area contributed by atoms with Gasteiger partial charge in [0.2, 0.25) is 0 Å². The number of hydrogen-bond donors (Lipinski definition) is 2. The maximum absolute atomic E-state index is 5.55. The predicted octanol–water partition coefficient (Wildman–Crippen LogP) is 3.44. The summed E-state index contributed by atoms with van der Waals surface area (Å²) in [7, 11) is 0. The van der Waals surface area contributed by atoms with Gasteiger partial charge in [0, 0.05) is 30.1 Å². The normalized spacial score (nSPS) is 13.3. The Morgan fingerprint density at radius 3 is 3.09 bits per heavy atom. The van der Waals surface area contributed by atoms with Crippen molar-refractivity contribution in [3.8, 4) is 5.75 Å². The molecule has 0 saturated heterocycles. The third-order valence-electron chi connectivity index (χ3n) is 4.33. The predicted molar refractivity (Wildman–Crippen MR) is 89.4 cm³/mol. The van der Waals surface area contributed by atoms with E-state index in [1.54, 1.807) is 0 Å². The zero-order valence-corrected chi connectivity index (χ0v) is 12.6. The van der Waals surface area contributed by atoms with Gasteiger partial charge in [0.1, 0.15) is 5.75 Å². The van der Waals surface area contributed by atoms with Crippen molar-refractivity contribution in [2.45, 2.75) is 19.4 Å². The second kappa shape index (κ2) is 5.85. The molecule has 0 aliphatic carbocycles. The molecule has 2 aromatic carbocycles. The first-order valence-corrected chi connectivity index (χ1v) is 7.90. The second-order valence-corrected chi connectivity index (χ2v) is 5.83. The highest BCUT2D eigenvalue weighted by Gasteiger charge is 2.11. The molecule has 4 rings (SSSR count). The summed E-state index contributed by atoms with van der Waals surface area (Å²) in [6, 6.07) is 15.0. The smallest absolute Gasteiger partial charge is 0.122 e. The Morgan fingerprint density at radius 2 is 2.09 bits per heavy atom. The lowest BCUT2D eigenvalue weighted by molar-refractivity contribution is 0.357. The molecule has 3 heteroatoms. The molecular weight excluding hydrogens is 272 g/mol. The molecule has 0 spiro atoms. The van der Waals surface area contributed by atoms with Crippen molar-refractivity contribution in [3.05, 3.63) is 65.4 Å². The molecule has 0 saturated carbocycles. The fourth-order valence-corrected chi connectivity index (χ4v) is 3.14. The molecule has 22 heavy (non-hydrogen) atoms. The number of H-pyrrole nitrogens is 1. The van der Waals surface area contributed by atoms with Crippen LogP contribution in [0.4, 0.5) is 0 Å². The van der Waals surface area contributed by atoms with E-state index in [2.05, 4.69) is 59.0 Å². The summed E-state index contributed by atoms with van der Waals surface area (Å²) in [6.45, 7) is 2.72. The third kappa shape index (κ3) is 2.60. The van der Waals surface area contributed by atoms with E-state index in [4.69, 9.17) is 4.74 Å². The van der Waals surface area contributed by atoms with E-state index in [1.807, 2.05) is 0 Å². The minimum absolute atomic E-state index is 0.826. The van der Waals surface area contributed by atoms with Crippen LogP contribution in [-0.4, -0.2) is 18.1 Å². The second-order valence-electron chi connectivity index (χ2n) is 5.83. The number of hydrogen-bond acceptors (Lipinski definition) is 2. The van der Waals surface area contributed by atoms with Gasteiger partial charge in [-0.3, -0.25) is 0 Å². The molecule has 2 heterocycles. The zero-order chi connectivity index (χ0) is 14.8. The molecule has 0 bridgehead atoms. The number of benzene rings is 2. The highest BCUT2D eigenvalue weighted by atomic mass is 16.5. The van der Waals surface area contributed by atoms with Crippen LogP contribution in [0.25, 0.3) is 10.9 Å². The average Bonchev–Trinajstić information content (AvgIpc) is 3.18. The van der Waals surface area contributed by atoms with E-state index in [0.717, 1.165) is 38.3 Å². The number of aromatic amines is 1. The van der Waals surface area contributed by atoms with Crippen molar-refractivity contribution in [2.75, 3.05) is 13.2 Å². The maximum atomic E-state index is 5.55. The fourth-order valence-electron chi connectivity index (χ4n) is 3.14. The van der Waals surface area contributed by atoms with E-state index in [-0.39, 0.29) is 0 Å². The van der Waals surface area contributed by atoms with Gasteiger partial charge in [-0.2, -0.15) is 0 Å². The minimum Gasteiger partial charge on any atom is -0.493 e. The summed E-state index contributed by atoms with van der Waals surface area (Å²) < 4.78 is 5.55. The van der Waals surface area contributed by atoms with Crippen LogP contribution in [0.2, 0.25) is 0 Å². The van der Waals surface area contributed by atoms with Gasteiger partial charge in [0.25, 0.3) is 0 Å². The summed E-state index contributed by atoms with van der Waals surface area (Å²) in [6.07, 6.45) is 4.20. The number of aromatic nitrogens is 1. The summed E-state index contributed by atoms with van der Waals surface area (Å²) in [5.74, 6) is 1.06. The molecule has 0 fully saturated rings. The van der Waals surface area contributed by atoms with Gasteiger partial charge in [-0.1, -0.05) is 30.3 Å². The van der Waals surface area contributed by atoms with Crippen LogP contribution in [0, 0.1) is 0 Å². The topological polar surface area (TPSA) is 37.0 Å². The van der Waals surface area contributed by atoms with Gasteiger partial charge >= 0.3 is 0 Å². The molecule has 0 amide bonds. The Balaban J connectivity index is 1.34. The molecule has 1 aliphatic heterocycles. The van der Waals surface area contributed by atoms with Crippen molar-refractivity contribution in [1.29, 1.82) is 0 Å². The lowest BCUT2D eigenvalue weighted by Gasteiger charge is -2.06. The van der Waals surface area contributed by atoms with Gasteiger partial charge in [-0.25, -0.2) is 0 Å². The Kier molecular flexibility index (Phi) is 3.57.